The van der Waals surface area contributed by atoms with Crippen LogP contribution < -0.4 is 11.5 Å². The summed E-state index contributed by atoms with van der Waals surface area (Å²) in [4.78, 5) is 13.4. The Morgan fingerprint density at radius 2 is 1.45 bits per heavy atom. The Morgan fingerprint density at radius 3 is 2.03 bits per heavy atom. The third kappa shape index (κ3) is 3.94. The summed E-state index contributed by atoms with van der Waals surface area (Å²) in [6.45, 7) is 3.61. The van der Waals surface area contributed by atoms with Crippen LogP contribution in [-0.4, -0.2) is 16.9 Å². The lowest BCUT2D eigenvalue weighted by atomic mass is 9.67. The number of nitrogens with two attached hydrogens (primary N) is 2. The second-order valence-corrected chi connectivity index (χ2v) is 8.88. The zero-order valence-electron chi connectivity index (χ0n) is 19.0. The minimum absolute atomic E-state index is 0.410. The molecule has 0 saturated carbocycles. The molecule has 0 amide bonds. The number of hydrogen-bond acceptors (Lipinski definition) is 5. The minimum Gasteiger partial charge on any atom is -0.427 e. The molecule has 2 unspecified atom stereocenters. The number of benzene rings is 3. The van der Waals surface area contributed by atoms with Gasteiger partial charge in [-0.25, -0.2) is 4.79 Å². The third-order valence-corrected chi connectivity index (χ3v) is 6.47. The molecule has 0 aliphatic carbocycles. The van der Waals surface area contributed by atoms with E-state index in [4.69, 9.17) is 16.2 Å². The molecule has 5 nitrogen and oxygen atoms in total. The Morgan fingerprint density at radius 1 is 0.879 bits per heavy atom. The van der Waals surface area contributed by atoms with Crippen molar-refractivity contribution < 1.29 is 14.6 Å². The van der Waals surface area contributed by atoms with Crippen LogP contribution >= 0.6 is 0 Å². The van der Waals surface area contributed by atoms with Crippen molar-refractivity contribution in [3.05, 3.63) is 107 Å². The summed E-state index contributed by atoms with van der Waals surface area (Å²) in [5.41, 5.74) is 15.8. The molecule has 0 saturated heterocycles. The summed E-state index contributed by atoms with van der Waals surface area (Å²) in [5, 5.41) is 11.8. The fourth-order valence-corrected chi connectivity index (χ4v) is 4.62. The molecule has 33 heavy (non-hydrogen) atoms. The molecule has 0 spiro atoms. The maximum absolute atomic E-state index is 13.4. The molecule has 3 aromatic rings. The van der Waals surface area contributed by atoms with Crippen molar-refractivity contribution in [1.29, 1.82) is 0 Å². The SMILES string of the molecule is CC(C)C1(O)OC(=O)C(CCc2ccc(N)cc2)=C(c2ccccc2)C1(N)c1ccccc1. The Labute approximate surface area is 194 Å². The van der Waals surface area contributed by atoms with Gasteiger partial charge in [-0.15, -0.1) is 0 Å². The molecule has 0 bridgehead atoms. The third-order valence-electron chi connectivity index (χ3n) is 6.47. The fraction of sp³-hybridized carbons (Fsp3) is 0.250. The van der Waals surface area contributed by atoms with Crippen LogP contribution in [0.25, 0.3) is 5.57 Å². The summed E-state index contributed by atoms with van der Waals surface area (Å²) >= 11 is 0. The van der Waals surface area contributed by atoms with Crippen LogP contribution in [0.1, 0.15) is 37.0 Å². The maximum atomic E-state index is 13.4. The van der Waals surface area contributed by atoms with Crippen LogP contribution in [-0.2, 0) is 21.5 Å². The molecular formula is C28H30N2O3. The number of aliphatic hydroxyl groups is 1. The van der Waals surface area contributed by atoms with Crippen LogP contribution in [0.5, 0.6) is 0 Å². The number of cyclic esters (lactones) is 1. The lowest BCUT2D eigenvalue weighted by Crippen LogP contribution is -2.66. The van der Waals surface area contributed by atoms with Gasteiger partial charge in [-0.3, -0.25) is 0 Å². The van der Waals surface area contributed by atoms with E-state index in [0.717, 1.165) is 11.1 Å². The quantitative estimate of drug-likeness (QED) is 0.388. The summed E-state index contributed by atoms with van der Waals surface area (Å²) in [5.74, 6) is -2.93. The minimum atomic E-state index is -1.93. The van der Waals surface area contributed by atoms with Crippen LogP contribution in [0.4, 0.5) is 5.69 Å². The van der Waals surface area contributed by atoms with E-state index in [2.05, 4.69) is 0 Å². The predicted molar refractivity (Wildman–Crippen MR) is 131 cm³/mol. The van der Waals surface area contributed by atoms with Crippen molar-refractivity contribution in [3.63, 3.8) is 0 Å². The molecule has 1 aliphatic heterocycles. The highest BCUT2D eigenvalue weighted by Crippen LogP contribution is 2.51. The average molecular weight is 443 g/mol. The zero-order chi connectivity index (χ0) is 23.6. The van der Waals surface area contributed by atoms with Crippen molar-refractivity contribution >= 4 is 17.2 Å². The molecule has 3 aromatic carbocycles. The van der Waals surface area contributed by atoms with Gasteiger partial charge in [0.1, 0.15) is 5.54 Å². The topological polar surface area (TPSA) is 98.6 Å². The summed E-state index contributed by atoms with van der Waals surface area (Å²) in [6.07, 6.45) is 1.01. The lowest BCUT2D eigenvalue weighted by Gasteiger charge is -2.51. The monoisotopic (exact) mass is 442 g/mol. The standard InChI is InChI=1S/C28H30N2O3/c1-19(2)28(32)27(30,22-11-7-4-8-12-22)25(21-9-5-3-6-10-21)24(26(31)33-28)18-15-20-13-16-23(29)17-14-20/h3-14,16-17,19,32H,15,18,29-30H2,1-2H3. The van der Waals surface area contributed by atoms with Crippen LogP contribution in [0.2, 0.25) is 0 Å². The van der Waals surface area contributed by atoms with E-state index in [0.29, 0.717) is 35.2 Å². The molecule has 1 heterocycles. The first-order valence-corrected chi connectivity index (χ1v) is 11.2. The van der Waals surface area contributed by atoms with E-state index in [9.17, 15) is 9.90 Å². The maximum Gasteiger partial charge on any atom is 0.337 e. The fourth-order valence-electron chi connectivity index (χ4n) is 4.62. The lowest BCUT2D eigenvalue weighted by molar-refractivity contribution is -0.252. The predicted octanol–water partition coefficient (Wildman–Crippen LogP) is 4.41. The number of esters is 1. The molecule has 5 N–H and O–H groups in total. The van der Waals surface area contributed by atoms with Gasteiger partial charge in [-0.05, 0) is 41.7 Å². The number of nitrogen functional groups attached to an aromatic ring is 1. The van der Waals surface area contributed by atoms with Crippen LogP contribution in [0.3, 0.4) is 0 Å². The average Bonchev–Trinajstić information content (AvgIpc) is 2.82. The molecule has 170 valence electrons. The summed E-state index contributed by atoms with van der Waals surface area (Å²) in [7, 11) is 0. The van der Waals surface area contributed by atoms with Gasteiger partial charge in [0.25, 0.3) is 0 Å². The first kappa shape index (κ1) is 22.8. The second kappa shape index (κ2) is 8.85. The van der Waals surface area contributed by atoms with Gasteiger partial charge in [-0.2, -0.15) is 0 Å². The number of ether oxygens (including phenoxy) is 1. The largest absolute Gasteiger partial charge is 0.427 e. The number of hydrogen-bond donors (Lipinski definition) is 3. The second-order valence-electron chi connectivity index (χ2n) is 8.88. The molecule has 0 radical (unpaired) electrons. The highest BCUT2D eigenvalue weighted by atomic mass is 16.7. The van der Waals surface area contributed by atoms with Crippen molar-refractivity contribution in [2.45, 2.75) is 38.0 Å². The molecular weight excluding hydrogens is 412 g/mol. The van der Waals surface area contributed by atoms with Crippen molar-refractivity contribution in [2.24, 2.45) is 11.7 Å². The number of carbonyl (C=O) groups is 1. The normalized spacial score (nSPS) is 23.0. The molecule has 5 heteroatoms. The van der Waals surface area contributed by atoms with Crippen LogP contribution in [0, 0.1) is 5.92 Å². The Kier molecular flexibility index (Phi) is 6.11. The molecule has 4 rings (SSSR count). The number of carbonyl (C=O) groups excluding carboxylic acids is 1. The van der Waals surface area contributed by atoms with Gasteiger partial charge in [-0.1, -0.05) is 86.6 Å². The van der Waals surface area contributed by atoms with E-state index >= 15 is 0 Å². The zero-order valence-corrected chi connectivity index (χ0v) is 19.0. The number of aryl methyl sites for hydroxylation is 1. The molecule has 1 aliphatic rings. The van der Waals surface area contributed by atoms with Gasteiger partial charge in [0, 0.05) is 22.8 Å². The van der Waals surface area contributed by atoms with Gasteiger partial charge in [0.2, 0.25) is 5.79 Å². The highest BCUT2D eigenvalue weighted by molar-refractivity contribution is 6.02. The first-order valence-electron chi connectivity index (χ1n) is 11.2. The number of rotatable bonds is 6. The van der Waals surface area contributed by atoms with E-state index in [1.165, 1.54) is 0 Å². The van der Waals surface area contributed by atoms with Gasteiger partial charge in [0.15, 0.2) is 0 Å². The van der Waals surface area contributed by atoms with Crippen molar-refractivity contribution in [3.8, 4) is 0 Å². The number of anilines is 1. The molecule has 2 atom stereocenters. The van der Waals surface area contributed by atoms with E-state index < -0.39 is 23.2 Å². The summed E-state index contributed by atoms with van der Waals surface area (Å²) in [6, 6.07) is 26.5. The Balaban J connectivity index is 1.94. The van der Waals surface area contributed by atoms with E-state index in [1.807, 2.05) is 84.9 Å². The van der Waals surface area contributed by atoms with E-state index in [1.54, 1.807) is 13.8 Å². The van der Waals surface area contributed by atoms with Crippen molar-refractivity contribution in [2.75, 3.05) is 5.73 Å². The Hall–Kier alpha value is -3.41. The van der Waals surface area contributed by atoms with Gasteiger partial charge >= 0.3 is 5.97 Å². The molecule has 0 fully saturated rings. The van der Waals surface area contributed by atoms with Gasteiger partial charge in [0.05, 0.1) is 0 Å². The highest BCUT2D eigenvalue weighted by Gasteiger charge is 2.60. The van der Waals surface area contributed by atoms with Crippen molar-refractivity contribution in [1.82, 2.24) is 0 Å². The van der Waals surface area contributed by atoms with Crippen LogP contribution in [0.15, 0.2) is 90.5 Å². The smallest absolute Gasteiger partial charge is 0.337 e. The Bertz CT molecular complexity index is 1160. The van der Waals surface area contributed by atoms with Gasteiger partial charge < -0.3 is 21.3 Å². The summed E-state index contributed by atoms with van der Waals surface area (Å²) < 4.78 is 5.79. The van der Waals surface area contributed by atoms with E-state index in [-0.39, 0.29) is 0 Å². The molecule has 0 aromatic heterocycles. The first-order chi connectivity index (χ1) is 15.8.